The number of nitrogens with zero attached hydrogens (tertiary/aromatic N) is 3. The highest BCUT2D eigenvalue weighted by atomic mass is 16.5. The number of hydrogen-bond acceptors (Lipinski definition) is 5. The number of anilines is 1. The van der Waals surface area contributed by atoms with Crippen LogP contribution in [0.5, 0.6) is 11.5 Å². The van der Waals surface area contributed by atoms with Crippen molar-refractivity contribution in [2.24, 2.45) is 0 Å². The molecule has 28 heavy (non-hydrogen) atoms. The first-order chi connectivity index (χ1) is 13.6. The minimum absolute atomic E-state index is 0.507. The van der Waals surface area contributed by atoms with E-state index in [-0.39, 0.29) is 0 Å². The Bertz CT molecular complexity index is 990. The second-order valence-electron chi connectivity index (χ2n) is 7.53. The van der Waals surface area contributed by atoms with Gasteiger partial charge in [-0.15, -0.1) is 0 Å². The van der Waals surface area contributed by atoms with E-state index in [0.29, 0.717) is 17.5 Å². The lowest BCUT2D eigenvalue weighted by molar-refractivity contribution is 0.355. The van der Waals surface area contributed by atoms with Gasteiger partial charge in [0.05, 0.1) is 19.9 Å². The Hall–Kier alpha value is -2.76. The molecule has 1 aliphatic carbocycles. The van der Waals surface area contributed by atoms with Crippen molar-refractivity contribution in [1.82, 2.24) is 14.6 Å². The number of fused-ring (bicyclic) bond motifs is 1. The van der Waals surface area contributed by atoms with E-state index in [4.69, 9.17) is 19.6 Å². The number of aromatic nitrogens is 3. The highest BCUT2D eigenvalue weighted by Crippen LogP contribution is 2.36. The van der Waals surface area contributed by atoms with Crippen molar-refractivity contribution in [3.05, 3.63) is 35.7 Å². The Labute approximate surface area is 165 Å². The van der Waals surface area contributed by atoms with Gasteiger partial charge in [-0.05, 0) is 44.4 Å². The average Bonchev–Trinajstić information content (AvgIpc) is 3.04. The molecule has 4 rings (SSSR count). The van der Waals surface area contributed by atoms with Crippen molar-refractivity contribution < 1.29 is 9.47 Å². The molecule has 6 heteroatoms. The van der Waals surface area contributed by atoms with Gasteiger partial charge in [0.2, 0.25) is 0 Å². The van der Waals surface area contributed by atoms with E-state index in [2.05, 4.69) is 11.4 Å². The normalized spacial score (nSPS) is 15.0. The van der Waals surface area contributed by atoms with Crippen molar-refractivity contribution in [1.29, 1.82) is 0 Å². The van der Waals surface area contributed by atoms with Gasteiger partial charge in [-0.1, -0.05) is 25.3 Å². The predicted octanol–water partition coefficient (Wildman–Crippen LogP) is 4.77. The van der Waals surface area contributed by atoms with Crippen LogP contribution in [0.1, 0.15) is 43.5 Å². The molecule has 0 unspecified atom stereocenters. The highest BCUT2D eigenvalue weighted by molar-refractivity contribution is 5.82. The molecule has 0 radical (unpaired) electrons. The van der Waals surface area contributed by atoms with Crippen LogP contribution in [0.25, 0.3) is 16.8 Å². The smallest absolute Gasteiger partial charge is 0.165 e. The van der Waals surface area contributed by atoms with Gasteiger partial charge in [-0.3, -0.25) is 0 Å². The van der Waals surface area contributed by atoms with Crippen LogP contribution >= 0.6 is 0 Å². The molecule has 1 N–H and O–H groups in total. The topological polar surface area (TPSA) is 60.7 Å². The summed E-state index contributed by atoms with van der Waals surface area (Å²) in [4.78, 5) is 4.81. The lowest BCUT2D eigenvalue weighted by Gasteiger charge is -2.24. The Morgan fingerprint density at radius 2 is 1.75 bits per heavy atom. The molecule has 0 amide bonds. The number of nitrogens with one attached hydrogen (secondary N) is 1. The van der Waals surface area contributed by atoms with Crippen LogP contribution in [0.3, 0.4) is 0 Å². The van der Waals surface area contributed by atoms with Gasteiger partial charge in [0, 0.05) is 23.4 Å². The Morgan fingerprint density at radius 1 is 1.00 bits per heavy atom. The first kappa shape index (κ1) is 18.6. The molecule has 1 fully saturated rings. The molecule has 1 aromatic carbocycles. The molecule has 2 aromatic heterocycles. The molecule has 1 aliphatic rings. The van der Waals surface area contributed by atoms with Crippen molar-refractivity contribution >= 4 is 11.5 Å². The molecule has 0 aliphatic heterocycles. The van der Waals surface area contributed by atoms with Gasteiger partial charge in [-0.2, -0.15) is 9.61 Å². The maximum atomic E-state index is 5.49. The van der Waals surface area contributed by atoms with E-state index in [1.807, 2.05) is 36.6 Å². The lowest BCUT2D eigenvalue weighted by Crippen LogP contribution is -2.24. The summed E-state index contributed by atoms with van der Waals surface area (Å²) in [5.41, 5.74) is 4.83. The quantitative estimate of drug-likeness (QED) is 0.690. The second-order valence-corrected chi connectivity index (χ2v) is 7.53. The fraction of sp³-hybridized carbons (Fsp3) is 0.455. The van der Waals surface area contributed by atoms with Gasteiger partial charge < -0.3 is 14.8 Å². The van der Waals surface area contributed by atoms with Crippen molar-refractivity contribution in [3.63, 3.8) is 0 Å². The standard InChI is InChI=1S/C22H28N4O2/c1-14-12-20(24-17-8-6-5-7-9-17)26-22(23-14)21(15(2)25-26)16-10-11-18(27-3)19(13-16)28-4/h10-13,17,24H,5-9H2,1-4H3. The van der Waals surface area contributed by atoms with Crippen LogP contribution in [-0.4, -0.2) is 34.9 Å². The summed E-state index contributed by atoms with van der Waals surface area (Å²) in [5.74, 6) is 2.43. The summed E-state index contributed by atoms with van der Waals surface area (Å²) in [6.07, 6.45) is 6.35. The number of rotatable bonds is 5. The van der Waals surface area contributed by atoms with E-state index in [1.54, 1.807) is 14.2 Å². The maximum Gasteiger partial charge on any atom is 0.165 e. The zero-order valence-corrected chi connectivity index (χ0v) is 17.1. The van der Waals surface area contributed by atoms with E-state index in [9.17, 15) is 0 Å². The third-order valence-electron chi connectivity index (χ3n) is 5.52. The summed E-state index contributed by atoms with van der Waals surface area (Å²) in [5, 5.41) is 8.53. The van der Waals surface area contributed by atoms with Gasteiger partial charge >= 0.3 is 0 Å². The minimum Gasteiger partial charge on any atom is -0.493 e. The van der Waals surface area contributed by atoms with Gasteiger partial charge in [0.25, 0.3) is 0 Å². The van der Waals surface area contributed by atoms with Crippen LogP contribution in [-0.2, 0) is 0 Å². The Morgan fingerprint density at radius 3 is 2.46 bits per heavy atom. The van der Waals surface area contributed by atoms with E-state index in [0.717, 1.165) is 34.0 Å². The van der Waals surface area contributed by atoms with Crippen molar-refractivity contribution in [2.75, 3.05) is 19.5 Å². The number of hydrogen-bond donors (Lipinski definition) is 1. The summed E-state index contributed by atoms with van der Waals surface area (Å²) < 4.78 is 12.8. The van der Waals surface area contributed by atoms with Gasteiger partial charge in [0.1, 0.15) is 5.82 Å². The first-order valence-electron chi connectivity index (χ1n) is 9.96. The zero-order chi connectivity index (χ0) is 19.7. The first-order valence-corrected chi connectivity index (χ1v) is 9.96. The van der Waals surface area contributed by atoms with Crippen molar-refractivity contribution in [2.45, 2.75) is 52.0 Å². The number of ether oxygens (including phenoxy) is 2. The van der Waals surface area contributed by atoms with Crippen LogP contribution in [0.15, 0.2) is 24.3 Å². The largest absolute Gasteiger partial charge is 0.493 e. The Balaban J connectivity index is 1.81. The third kappa shape index (κ3) is 3.39. The molecule has 0 saturated heterocycles. The SMILES string of the molecule is COc1ccc(-c2c(C)nn3c(NC4CCCCC4)cc(C)nc23)cc1OC. The average molecular weight is 380 g/mol. The Kier molecular flexibility index (Phi) is 5.11. The molecule has 3 aromatic rings. The number of aryl methyl sites for hydroxylation is 2. The molecule has 6 nitrogen and oxygen atoms in total. The molecular formula is C22H28N4O2. The predicted molar refractivity (Wildman–Crippen MR) is 111 cm³/mol. The van der Waals surface area contributed by atoms with Crippen LogP contribution < -0.4 is 14.8 Å². The lowest BCUT2D eigenvalue weighted by atomic mass is 9.95. The fourth-order valence-electron chi connectivity index (χ4n) is 4.13. The molecular weight excluding hydrogens is 352 g/mol. The molecule has 0 bridgehead atoms. The monoisotopic (exact) mass is 380 g/mol. The van der Waals surface area contributed by atoms with Crippen LogP contribution in [0.4, 0.5) is 5.82 Å². The summed E-state index contributed by atoms with van der Waals surface area (Å²) in [6.45, 7) is 4.06. The molecule has 2 heterocycles. The van der Waals surface area contributed by atoms with Crippen LogP contribution in [0.2, 0.25) is 0 Å². The molecule has 0 atom stereocenters. The highest BCUT2D eigenvalue weighted by Gasteiger charge is 2.20. The van der Waals surface area contributed by atoms with Gasteiger partial charge in [0.15, 0.2) is 17.1 Å². The summed E-state index contributed by atoms with van der Waals surface area (Å²) in [7, 11) is 3.30. The molecule has 1 saturated carbocycles. The van der Waals surface area contributed by atoms with Crippen molar-refractivity contribution in [3.8, 4) is 22.6 Å². The summed E-state index contributed by atoms with van der Waals surface area (Å²) >= 11 is 0. The number of benzene rings is 1. The second kappa shape index (κ2) is 7.70. The van der Waals surface area contributed by atoms with E-state index < -0.39 is 0 Å². The maximum absolute atomic E-state index is 5.49. The summed E-state index contributed by atoms with van der Waals surface area (Å²) in [6, 6.07) is 8.54. The van der Waals surface area contributed by atoms with Gasteiger partial charge in [-0.25, -0.2) is 4.98 Å². The fourth-order valence-corrected chi connectivity index (χ4v) is 4.13. The van der Waals surface area contributed by atoms with Crippen LogP contribution in [0, 0.1) is 13.8 Å². The minimum atomic E-state index is 0.507. The zero-order valence-electron chi connectivity index (χ0n) is 17.1. The molecule has 0 spiro atoms. The van der Waals surface area contributed by atoms with E-state index in [1.165, 1.54) is 32.1 Å². The number of methoxy groups -OCH3 is 2. The molecule has 148 valence electrons. The van der Waals surface area contributed by atoms with E-state index >= 15 is 0 Å². The third-order valence-corrected chi connectivity index (χ3v) is 5.52.